The molecule has 4 heteroatoms. The van der Waals surface area contributed by atoms with Crippen molar-refractivity contribution < 1.29 is 9.90 Å². The highest BCUT2D eigenvalue weighted by atomic mass is 79.9. The Morgan fingerprint density at radius 2 is 1.95 bits per heavy atom. The molecule has 2 aromatic carbocycles. The zero-order valence-corrected chi connectivity index (χ0v) is 11.9. The van der Waals surface area contributed by atoms with Gasteiger partial charge in [-0.25, -0.2) is 0 Å². The van der Waals surface area contributed by atoms with Crippen LogP contribution in [-0.4, -0.2) is 35.1 Å². The third kappa shape index (κ3) is 2.51. The number of β-amino-alcohol motifs (C(OH)–C–C–N with tert-alkyl or cyclic N) is 1. The third-order valence-electron chi connectivity index (χ3n) is 3.50. The molecule has 2 aromatic rings. The number of carbonyl (C=O) groups is 1. The first-order chi connectivity index (χ1) is 9.13. The van der Waals surface area contributed by atoms with Gasteiger partial charge in [0, 0.05) is 23.1 Å². The van der Waals surface area contributed by atoms with Gasteiger partial charge in [0.2, 0.25) is 0 Å². The molecule has 1 N–H and O–H groups in total. The molecule has 1 aliphatic rings. The molecule has 0 spiro atoms. The van der Waals surface area contributed by atoms with E-state index in [1.807, 2.05) is 36.4 Å². The topological polar surface area (TPSA) is 40.5 Å². The van der Waals surface area contributed by atoms with Crippen LogP contribution in [0, 0.1) is 0 Å². The van der Waals surface area contributed by atoms with E-state index < -0.39 is 0 Å². The van der Waals surface area contributed by atoms with Crippen LogP contribution in [0.1, 0.15) is 16.8 Å². The second-order valence-electron chi connectivity index (χ2n) is 4.90. The fourth-order valence-corrected chi connectivity index (χ4v) is 2.84. The lowest BCUT2D eigenvalue weighted by atomic mass is 10.1. The highest BCUT2D eigenvalue weighted by molar-refractivity contribution is 9.10. The van der Waals surface area contributed by atoms with Crippen LogP contribution in [0.5, 0.6) is 0 Å². The molecule has 0 saturated carbocycles. The van der Waals surface area contributed by atoms with Gasteiger partial charge in [0.05, 0.1) is 6.10 Å². The van der Waals surface area contributed by atoms with E-state index in [4.69, 9.17) is 0 Å². The van der Waals surface area contributed by atoms with Gasteiger partial charge in [0.15, 0.2) is 0 Å². The van der Waals surface area contributed by atoms with E-state index in [9.17, 15) is 9.90 Å². The molecule has 1 aliphatic heterocycles. The molecule has 19 heavy (non-hydrogen) atoms. The van der Waals surface area contributed by atoms with E-state index in [2.05, 4.69) is 15.9 Å². The van der Waals surface area contributed by atoms with Gasteiger partial charge in [-0.15, -0.1) is 0 Å². The average molecular weight is 320 g/mol. The predicted octanol–water partition coefficient (Wildman–Crippen LogP) is 2.81. The summed E-state index contributed by atoms with van der Waals surface area (Å²) in [6, 6.07) is 11.7. The summed E-state index contributed by atoms with van der Waals surface area (Å²) in [6.07, 6.45) is 0.298. The van der Waals surface area contributed by atoms with Gasteiger partial charge < -0.3 is 10.0 Å². The summed E-state index contributed by atoms with van der Waals surface area (Å²) in [4.78, 5) is 14.0. The fourth-order valence-electron chi connectivity index (χ4n) is 2.46. The van der Waals surface area contributed by atoms with Crippen molar-refractivity contribution in [1.29, 1.82) is 0 Å². The van der Waals surface area contributed by atoms with E-state index in [0.29, 0.717) is 25.1 Å². The highest BCUT2D eigenvalue weighted by Crippen LogP contribution is 2.22. The molecule has 0 aromatic heterocycles. The summed E-state index contributed by atoms with van der Waals surface area (Å²) in [5, 5.41) is 11.7. The quantitative estimate of drug-likeness (QED) is 0.878. The van der Waals surface area contributed by atoms with Crippen LogP contribution >= 0.6 is 15.9 Å². The molecule has 3 rings (SSSR count). The molecule has 1 atom stereocenters. The summed E-state index contributed by atoms with van der Waals surface area (Å²) in [6.45, 7) is 1.08. The second kappa shape index (κ2) is 4.94. The molecule has 3 nitrogen and oxygen atoms in total. The number of fused-ring (bicyclic) bond motifs is 1. The largest absolute Gasteiger partial charge is 0.391 e. The van der Waals surface area contributed by atoms with Gasteiger partial charge in [-0.1, -0.05) is 28.1 Å². The first-order valence-corrected chi connectivity index (χ1v) is 7.09. The lowest BCUT2D eigenvalue weighted by Gasteiger charge is -2.15. The van der Waals surface area contributed by atoms with Crippen molar-refractivity contribution in [2.75, 3.05) is 13.1 Å². The molecule has 1 amide bonds. The Kier molecular flexibility index (Phi) is 3.29. The molecule has 0 radical (unpaired) electrons. The van der Waals surface area contributed by atoms with Gasteiger partial charge in [0.1, 0.15) is 0 Å². The fraction of sp³-hybridized carbons (Fsp3) is 0.267. The number of benzene rings is 2. The molecule has 0 aliphatic carbocycles. The number of likely N-dealkylation sites (tertiary alicyclic amines) is 1. The van der Waals surface area contributed by atoms with Gasteiger partial charge in [0.25, 0.3) is 5.91 Å². The van der Waals surface area contributed by atoms with Gasteiger partial charge in [-0.2, -0.15) is 0 Å². The zero-order chi connectivity index (χ0) is 13.4. The summed E-state index contributed by atoms with van der Waals surface area (Å²) in [7, 11) is 0. The minimum atomic E-state index is -0.375. The molecular formula is C15H14BrNO2. The van der Waals surface area contributed by atoms with Crippen molar-refractivity contribution in [2.45, 2.75) is 12.5 Å². The van der Waals surface area contributed by atoms with Gasteiger partial charge in [-0.3, -0.25) is 4.79 Å². The van der Waals surface area contributed by atoms with Crippen LogP contribution in [-0.2, 0) is 0 Å². The molecule has 1 saturated heterocycles. The van der Waals surface area contributed by atoms with Crippen LogP contribution in [0.3, 0.4) is 0 Å². The normalized spacial score (nSPS) is 19.1. The van der Waals surface area contributed by atoms with Gasteiger partial charge in [-0.05, 0) is 41.5 Å². The maximum Gasteiger partial charge on any atom is 0.253 e. The predicted molar refractivity (Wildman–Crippen MR) is 78.2 cm³/mol. The Labute approximate surface area is 120 Å². The van der Waals surface area contributed by atoms with Crippen molar-refractivity contribution in [2.24, 2.45) is 0 Å². The third-order valence-corrected chi connectivity index (χ3v) is 3.99. The molecule has 1 heterocycles. The van der Waals surface area contributed by atoms with E-state index >= 15 is 0 Å². The first-order valence-electron chi connectivity index (χ1n) is 6.30. The van der Waals surface area contributed by atoms with Crippen molar-refractivity contribution in [3.8, 4) is 0 Å². The minimum Gasteiger partial charge on any atom is -0.391 e. The highest BCUT2D eigenvalue weighted by Gasteiger charge is 2.25. The monoisotopic (exact) mass is 319 g/mol. The number of hydrogen-bond acceptors (Lipinski definition) is 2. The standard InChI is InChI=1S/C15H14BrNO2/c16-13-4-3-10-7-12(2-1-11(10)8-13)15(19)17-6-5-14(18)9-17/h1-4,7-8,14,18H,5-6,9H2. The Hall–Kier alpha value is -1.39. The molecular weight excluding hydrogens is 306 g/mol. The molecule has 1 unspecified atom stereocenters. The van der Waals surface area contributed by atoms with Crippen LogP contribution < -0.4 is 0 Å². The van der Waals surface area contributed by atoms with Crippen molar-refractivity contribution in [1.82, 2.24) is 4.90 Å². The van der Waals surface area contributed by atoms with Gasteiger partial charge >= 0.3 is 0 Å². The number of aliphatic hydroxyl groups excluding tert-OH is 1. The second-order valence-corrected chi connectivity index (χ2v) is 5.82. The average Bonchev–Trinajstić information content (AvgIpc) is 2.84. The lowest BCUT2D eigenvalue weighted by molar-refractivity contribution is 0.0765. The van der Waals surface area contributed by atoms with E-state index in [0.717, 1.165) is 15.2 Å². The van der Waals surface area contributed by atoms with E-state index in [-0.39, 0.29) is 12.0 Å². The Bertz CT molecular complexity index is 641. The zero-order valence-electron chi connectivity index (χ0n) is 10.3. The van der Waals surface area contributed by atoms with E-state index in [1.165, 1.54) is 0 Å². The Morgan fingerprint density at radius 3 is 2.68 bits per heavy atom. The summed E-state index contributed by atoms with van der Waals surface area (Å²) >= 11 is 3.44. The number of amides is 1. The van der Waals surface area contributed by atoms with Crippen LogP contribution in [0.25, 0.3) is 10.8 Å². The minimum absolute atomic E-state index is 0.00127. The molecule has 98 valence electrons. The molecule has 0 bridgehead atoms. The van der Waals surface area contributed by atoms with E-state index in [1.54, 1.807) is 4.90 Å². The Balaban J connectivity index is 1.92. The summed E-state index contributed by atoms with van der Waals surface area (Å²) in [5.74, 6) is 0.00127. The molecule has 1 fully saturated rings. The SMILES string of the molecule is O=C(c1ccc2cc(Br)ccc2c1)N1CCC(O)C1. The number of rotatable bonds is 1. The van der Waals surface area contributed by atoms with Crippen LogP contribution in [0.15, 0.2) is 40.9 Å². The maximum atomic E-state index is 12.3. The Morgan fingerprint density at radius 1 is 1.21 bits per heavy atom. The van der Waals surface area contributed by atoms with Crippen molar-refractivity contribution in [3.05, 3.63) is 46.4 Å². The summed E-state index contributed by atoms with van der Waals surface area (Å²) in [5.41, 5.74) is 0.684. The number of hydrogen-bond donors (Lipinski definition) is 1. The van der Waals surface area contributed by atoms with Crippen molar-refractivity contribution >= 4 is 32.6 Å². The lowest BCUT2D eigenvalue weighted by Crippen LogP contribution is -2.29. The number of nitrogens with zero attached hydrogens (tertiary/aromatic N) is 1. The van der Waals surface area contributed by atoms with Crippen LogP contribution in [0.2, 0.25) is 0 Å². The first kappa shape index (κ1) is 12.6. The van der Waals surface area contributed by atoms with Crippen molar-refractivity contribution in [3.63, 3.8) is 0 Å². The number of carbonyl (C=O) groups excluding carboxylic acids is 1. The summed E-state index contributed by atoms with van der Waals surface area (Å²) < 4.78 is 1.03. The smallest absolute Gasteiger partial charge is 0.253 e. The number of halogens is 1. The number of aliphatic hydroxyl groups is 1. The van der Waals surface area contributed by atoms with Crippen LogP contribution in [0.4, 0.5) is 0 Å². The maximum absolute atomic E-state index is 12.3.